The van der Waals surface area contributed by atoms with Crippen LogP contribution < -0.4 is 11.1 Å². The van der Waals surface area contributed by atoms with Gasteiger partial charge in [0, 0.05) is 11.0 Å². The van der Waals surface area contributed by atoms with Crippen LogP contribution >= 0.6 is 15.9 Å². The molecule has 1 rings (SSSR count). The first-order valence-corrected chi connectivity index (χ1v) is 6.60. The molecule has 1 unspecified atom stereocenters. The number of hydrogen-bond donors (Lipinski definition) is 3. The van der Waals surface area contributed by atoms with Crippen LogP contribution in [0.1, 0.15) is 31.1 Å². The lowest BCUT2D eigenvalue weighted by Gasteiger charge is -2.33. The van der Waals surface area contributed by atoms with Crippen molar-refractivity contribution in [1.82, 2.24) is 5.32 Å². The molecular formula is C13H19BrN2O2. The summed E-state index contributed by atoms with van der Waals surface area (Å²) in [6, 6.07) is 4.74. The van der Waals surface area contributed by atoms with Gasteiger partial charge in [-0.2, -0.15) is 0 Å². The first-order chi connectivity index (χ1) is 8.30. The molecule has 5 heteroatoms. The maximum Gasteiger partial charge on any atom is 0.255 e. The van der Waals surface area contributed by atoms with Crippen LogP contribution in [0.4, 0.5) is 0 Å². The molecule has 0 aliphatic carbocycles. The Labute approximate surface area is 116 Å². The van der Waals surface area contributed by atoms with Gasteiger partial charge in [-0.25, -0.2) is 0 Å². The Kier molecular flexibility index (Phi) is 4.76. The fourth-order valence-corrected chi connectivity index (χ4v) is 1.81. The third-order valence-corrected chi connectivity index (χ3v) is 3.79. The van der Waals surface area contributed by atoms with E-state index in [0.717, 1.165) is 4.47 Å². The summed E-state index contributed by atoms with van der Waals surface area (Å²) in [6.07, 6.45) is 0. The largest absolute Gasteiger partial charge is 0.507 e. The highest BCUT2D eigenvalue weighted by molar-refractivity contribution is 9.10. The van der Waals surface area contributed by atoms with E-state index in [9.17, 15) is 9.90 Å². The fourth-order valence-electron chi connectivity index (χ4n) is 1.45. The van der Waals surface area contributed by atoms with E-state index in [2.05, 4.69) is 21.2 Å². The summed E-state index contributed by atoms with van der Waals surface area (Å²) in [5, 5.41) is 12.6. The third-order valence-electron chi connectivity index (χ3n) is 3.30. The van der Waals surface area contributed by atoms with E-state index in [1.165, 1.54) is 6.07 Å². The second-order valence-electron chi connectivity index (χ2n) is 4.89. The molecule has 4 N–H and O–H groups in total. The standard InChI is InChI=1S/C13H19BrN2O2/c1-8(2)13(3,7-15)16-12(18)10-6-9(14)4-5-11(10)17/h4-6,8,17H,7,15H2,1-3H3,(H,16,18). The van der Waals surface area contributed by atoms with Crippen LogP contribution in [0.2, 0.25) is 0 Å². The number of aromatic hydroxyl groups is 1. The van der Waals surface area contributed by atoms with Crippen molar-refractivity contribution in [2.75, 3.05) is 6.54 Å². The SMILES string of the molecule is CC(C)C(C)(CN)NC(=O)c1cc(Br)ccc1O. The topological polar surface area (TPSA) is 75.3 Å². The monoisotopic (exact) mass is 314 g/mol. The molecule has 0 heterocycles. The molecule has 0 aromatic heterocycles. The molecule has 18 heavy (non-hydrogen) atoms. The number of hydrogen-bond acceptors (Lipinski definition) is 3. The molecule has 1 aromatic rings. The Morgan fingerprint density at radius 2 is 2.17 bits per heavy atom. The molecule has 100 valence electrons. The molecule has 0 saturated heterocycles. The van der Waals surface area contributed by atoms with Gasteiger partial charge in [-0.05, 0) is 31.0 Å². The molecule has 0 radical (unpaired) electrons. The number of carbonyl (C=O) groups excluding carboxylic acids is 1. The van der Waals surface area contributed by atoms with Crippen molar-refractivity contribution in [2.24, 2.45) is 11.7 Å². The number of nitrogens with two attached hydrogens (primary N) is 1. The average Bonchev–Trinajstić information content (AvgIpc) is 2.31. The van der Waals surface area contributed by atoms with E-state index in [-0.39, 0.29) is 23.1 Å². The van der Waals surface area contributed by atoms with Crippen molar-refractivity contribution >= 4 is 21.8 Å². The highest BCUT2D eigenvalue weighted by Gasteiger charge is 2.29. The highest BCUT2D eigenvalue weighted by Crippen LogP contribution is 2.23. The van der Waals surface area contributed by atoms with Gasteiger partial charge in [0.2, 0.25) is 0 Å². The maximum atomic E-state index is 12.1. The minimum Gasteiger partial charge on any atom is -0.507 e. The summed E-state index contributed by atoms with van der Waals surface area (Å²) in [5.41, 5.74) is 5.46. The summed E-state index contributed by atoms with van der Waals surface area (Å²) in [6.45, 7) is 6.22. The van der Waals surface area contributed by atoms with Crippen molar-refractivity contribution < 1.29 is 9.90 Å². The molecule has 1 amide bonds. The van der Waals surface area contributed by atoms with E-state index >= 15 is 0 Å². The van der Waals surface area contributed by atoms with Gasteiger partial charge < -0.3 is 16.2 Å². The third kappa shape index (κ3) is 3.23. The summed E-state index contributed by atoms with van der Waals surface area (Å²) in [4.78, 5) is 12.1. The lowest BCUT2D eigenvalue weighted by molar-refractivity contribution is 0.0880. The van der Waals surface area contributed by atoms with Crippen LogP contribution in [0, 0.1) is 5.92 Å². The Morgan fingerprint density at radius 3 is 2.67 bits per heavy atom. The zero-order chi connectivity index (χ0) is 13.9. The van der Waals surface area contributed by atoms with Crippen molar-refractivity contribution in [3.05, 3.63) is 28.2 Å². The summed E-state index contributed by atoms with van der Waals surface area (Å²) in [5.74, 6) is -0.171. The molecule has 0 spiro atoms. The van der Waals surface area contributed by atoms with Crippen LogP contribution in [0.5, 0.6) is 5.75 Å². The van der Waals surface area contributed by atoms with Crippen LogP contribution in [0.3, 0.4) is 0 Å². The smallest absolute Gasteiger partial charge is 0.255 e. The predicted molar refractivity (Wildman–Crippen MR) is 75.6 cm³/mol. The van der Waals surface area contributed by atoms with Crippen molar-refractivity contribution in [2.45, 2.75) is 26.3 Å². The Bertz CT molecular complexity index is 449. The van der Waals surface area contributed by atoms with Gasteiger partial charge in [0.15, 0.2) is 0 Å². The molecule has 1 aromatic carbocycles. The van der Waals surface area contributed by atoms with Crippen molar-refractivity contribution in [3.63, 3.8) is 0 Å². The molecule has 0 fully saturated rings. The lowest BCUT2D eigenvalue weighted by atomic mass is 9.88. The Morgan fingerprint density at radius 1 is 1.56 bits per heavy atom. The van der Waals surface area contributed by atoms with Gasteiger partial charge in [-0.15, -0.1) is 0 Å². The van der Waals surface area contributed by atoms with E-state index in [1.807, 2.05) is 20.8 Å². The first kappa shape index (κ1) is 15.0. The minimum atomic E-state index is -0.494. The van der Waals surface area contributed by atoms with E-state index in [1.54, 1.807) is 12.1 Å². The molecular weight excluding hydrogens is 296 g/mol. The molecule has 0 bridgehead atoms. The summed E-state index contributed by atoms with van der Waals surface area (Å²) in [7, 11) is 0. The second-order valence-corrected chi connectivity index (χ2v) is 5.81. The number of amides is 1. The molecule has 0 saturated carbocycles. The maximum absolute atomic E-state index is 12.1. The molecule has 0 aliphatic heterocycles. The van der Waals surface area contributed by atoms with E-state index in [4.69, 9.17) is 5.73 Å². The normalized spacial score (nSPS) is 14.3. The first-order valence-electron chi connectivity index (χ1n) is 5.81. The second kappa shape index (κ2) is 5.71. The number of benzene rings is 1. The van der Waals surface area contributed by atoms with Gasteiger partial charge in [0.1, 0.15) is 5.75 Å². The van der Waals surface area contributed by atoms with E-state index in [0.29, 0.717) is 6.54 Å². The molecule has 4 nitrogen and oxygen atoms in total. The average molecular weight is 315 g/mol. The highest BCUT2D eigenvalue weighted by atomic mass is 79.9. The Balaban J connectivity index is 2.98. The number of rotatable bonds is 4. The van der Waals surface area contributed by atoms with Gasteiger partial charge in [0.25, 0.3) is 5.91 Å². The van der Waals surface area contributed by atoms with Gasteiger partial charge in [-0.1, -0.05) is 29.8 Å². The van der Waals surface area contributed by atoms with Crippen molar-refractivity contribution in [1.29, 1.82) is 0 Å². The lowest BCUT2D eigenvalue weighted by Crippen LogP contribution is -2.55. The minimum absolute atomic E-state index is 0.0428. The quantitative estimate of drug-likeness (QED) is 0.798. The summed E-state index contributed by atoms with van der Waals surface area (Å²) < 4.78 is 0.740. The zero-order valence-corrected chi connectivity index (χ0v) is 12.4. The van der Waals surface area contributed by atoms with Crippen molar-refractivity contribution in [3.8, 4) is 5.75 Å². The number of phenols is 1. The number of carbonyl (C=O) groups is 1. The zero-order valence-electron chi connectivity index (χ0n) is 10.8. The number of halogens is 1. The van der Waals surface area contributed by atoms with Crippen LogP contribution in [-0.2, 0) is 0 Å². The number of nitrogens with one attached hydrogen (secondary N) is 1. The van der Waals surface area contributed by atoms with Gasteiger partial charge in [0.05, 0.1) is 11.1 Å². The molecule has 0 aliphatic rings. The van der Waals surface area contributed by atoms with Crippen LogP contribution in [0.15, 0.2) is 22.7 Å². The van der Waals surface area contributed by atoms with Crippen LogP contribution in [-0.4, -0.2) is 23.1 Å². The number of phenolic OH excluding ortho intramolecular Hbond substituents is 1. The molecule has 1 atom stereocenters. The van der Waals surface area contributed by atoms with E-state index < -0.39 is 5.54 Å². The Hall–Kier alpha value is -1.07. The van der Waals surface area contributed by atoms with Gasteiger partial charge in [-0.3, -0.25) is 4.79 Å². The fraction of sp³-hybridized carbons (Fsp3) is 0.462. The summed E-state index contributed by atoms with van der Waals surface area (Å²) >= 11 is 3.27. The van der Waals surface area contributed by atoms with Crippen LogP contribution in [0.25, 0.3) is 0 Å². The van der Waals surface area contributed by atoms with Gasteiger partial charge >= 0.3 is 0 Å². The predicted octanol–water partition coefficient (Wildman–Crippen LogP) is 2.26.